The smallest absolute Gasteiger partial charge is 1.00 e. The van der Waals surface area contributed by atoms with Gasteiger partial charge in [-0.3, -0.25) is 0 Å². The van der Waals surface area contributed by atoms with E-state index in [0.29, 0.717) is 0 Å². The van der Waals surface area contributed by atoms with Gasteiger partial charge in [0.15, 0.2) is 0 Å². The molecule has 0 atom stereocenters. The zero-order chi connectivity index (χ0) is 57.3. The number of fused-ring (bicyclic) bond motifs is 2. The van der Waals surface area contributed by atoms with Crippen molar-refractivity contribution in [2.75, 3.05) is 0 Å². The third-order valence-electron chi connectivity index (χ3n) is 17.1. The normalized spacial score (nSPS) is 12.3. The average molecular weight is 1290 g/mol. The molecule has 12 rings (SSSR count). The van der Waals surface area contributed by atoms with Crippen LogP contribution in [0.1, 0.15) is 77.9 Å². The number of hydrogen-bond donors (Lipinski definition) is 0. The molecule has 2 radical (unpaired) electrons. The van der Waals surface area contributed by atoms with Crippen LogP contribution >= 0.6 is 0 Å². The van der Waals surface area contributed by atoms with E-state index in [2.05, 4.69) is 289 Å². The molecule has 0 aliphatic heterocycles. The summed E-state index contributed by atoms with van der Waals surface area (Å²) >= 11 is 0. The number of halogens is 1. The molecule has 0 heterocycles. The van der Waals surface area contributed by atoms with Crippen LogP contribution in [0.25, 0.3) is 54.9 Å². The molecule has 0 unspecified atom stereocenters. The average Bonchev–Trinajstić information content (AvgIpc) is 3.47. The molecule has 4 heteroatoms. The summed E-state index contributed by atoms with van der Waals surface area (Å²) in [6, 6.07) is 63.9. The molecule has 0 nitrogen and oxygen atoms in total. The van der Waals surface area contributed by atoms with Gasteiger partial charge in [0.2, 0.25) is 13.4 Å². The molecule has 416 valence electrons. The third kappa shape index (κ3) is 12.3. The predicted octanol–water partition coefficient (Wildman–Crippen LogP) is 13.4. The van der Waals surface area contributed by atoms with Crippen molar-refractivity contribution in [3.05, 3.63) is 309 Å². The Kier molecular flexibility index (Phi) is 19.0. The van der Waals surface area contributed by atoms with Crippen LogP contribution in [0.4, 0.5) is 0 Å². The van der Waals surface area contributed by atoms with Gasteiger partial charge in [-0.15, -0.1) is 11.5 Å². The summed E-state index contributed by atoms with van der Waals surface area (Å²) in [5.41, 5.74) is 40.7. The summed E-state index contributed by atoms with van der Waals surface area (Å²) < 4.78 is 0. The van der Waals surface area contributed by atoms with Gasteiger partial charge in [-0.25, -0.2) is 0 Å². The second kappa shape index (κ2) is 26.1. The van der Waals surface area contributed by atoms with Crippen molar-refractivity contribution in [2.45, 2.75) is 83.1 Å². The summed E-state index contributed by atoms with van der Waals surface area (Å²) in [7, 11) is 0. The van der Waals surface area contributed by atoms with Crippen LogP contribution in [-0.2, 0) is 22.4 Å². The molecule has 0 fully saturated rings. The Labute approximate surface area is 523 Å². The quantitative estimate of drug-likeness (QED) is 0.0946. The zero-order valence-electron chi connectivity index (χ0n) is 50.6. The first-order valence-corrected chi connectivity index (χ1v) is 29.1. The summed E-state index contributed by atoms with van der Waals surface area (Å²) in [4.78, 5) is 0. The first kappa shape index (κ1) is 61.0. The van der Waals surface area contributed by atoms with Gasteiger partial charge < -0.3 is 12.4 Å². The summed E-state index contributed by atoms with van der Waals surface area (Å²) in [6.45, 7) is 27.3. The minimum absolute atomic E-state index is 0. The molecule has 0 spiro atoms. The SMILES string of the molecule is Cc1cc(C)c(B(c2ccc(-c3cccc4cccc(C5=CC=C=C[CH]5)c34)cc2)c2c(C)cc(C)cc2C)c(C)c1.Cc1cc(C)c(B(c2ccc(-c3cccc4cccc(C5=CC=C=C[CH]5)c34)cc2)c2c(C)cc(C)cc2C)c(C)c1.[Au+].[Cl-]. The van der Waals surface area contributed by atoms with Crippen LogP contribution < -0.4 is 45.2 Å². The van der Waals surface area contributed by atoms with Crippen molar-refractivity contribution in [3.8, 4) is 22.3 Å². The molecule has 10 aromatic rings. The fourth-order valence-corrected chi connectivity index (χ4v) is 14.0. The molecule has 0 saturated heterocycles. The second-order valence-corrected chi connectivity index (χ2v) is 23.4. The molecule has 0 aromatic heterocycles. The Hall–Kier alpha value is -7.60. The molecule has 2 aliphatic carbocycles. The molecule has 2 aliphatic rings. The number of rotatable bonds is 10. The molecule has 0 bridgehead atoms. The number of hydrogen-bond acceptors (Lipinski definition) is 0. The Bertz CT molecular complexity index is 3860. The predicted molar refractivity (Wildman–Crippen MR) is 361 cm³/mol. The van der Waals surface area contributed by atoms with Crippen molar-refractivity contribution in [1.82, 2.24) is 0 Å². The van der Waals surface area contributed by atoms with Gasteiger partial charge >= 0.3 is 22.4 Å². The Morgan fingerprint density at radius 2 is 0.560 bits per heavy atom. The van der Waals surface area contributed by atoms with Gasteiger partial charge in [0.25, 0.3) is 0 Å². The van der Waals surface area contributed by atoms with E-state index in [9.17, 15) is 0 Å². The van der Waals surface area contributed by atoms with Gasteiger partial charge in [0.05, 0.1) is 0 Å². The Morgan fingerprint density at radius 3 is 0.810 bits per heavy atom. The molecule has 0 amide bonds. The molecule has 84 heavy (non-hydrogen) atoms. The van der Waals surface area contributed by atoms with Crippen molar-refractivity contribution < 1.29 is 34.8 Å². The molecular weight excluding hydrogens is 1210 g/mol. The standard InChI is InChI=1S/2C40H36B.Au.ClH/c2*1-26-22-28(3)39(29(4)23-26)41(40-30(5)24-27(2)25-31(40)6)35-20-18-33(19-21-35)37-17-11-15-34-14-10-16-36(38(34)37)32-12-8-7-9-13-32;;/h2*8-25H,1-6H3;;1H/q;;+1;/p-1. The fourth-order valence-electron chi connectivity index (χ4n) is 14.0. The van der Waals surface area contributed by atoms with Crippen LogP contribution in [0.2, 0.25) is 0 Å². The molecular formula is C80H72AuB2Cl. The van der Waals surface area contributed by atoms with Gasteiger partial charge in [0.1, 0.15) is 0 Å². The Balaban J connectivity index is 0.000000197. The van der Waals surface area contributed by atoms with E-state index in [1.807, 2.05) is 24.3 Å². The topological polar surface area (TPSA) is 0 Å². The first-order valence-electron chi connectivity index (χ1n) is 29.1. The zero-order valence-corrected chi connectivity index (χ0v) is 53.5. The molecule has 10 aromatic carbocycles. The van der Waals surface area contributed by atoms with Gasteiger partial charge in [-0.1, -0.05) is 282 Å². The first-order chi connectivity index (χ1) is 39.6. The van der Waals surface area contributed by atoms with Crippen LogP contribution in [0, 0.1) is 95.9 Å². The van der Waals surface area contributed by atoms with E-state index < -0.39 is 0 Å². The summed E-state index contributed by atoms with van der Waals surface area (Å²) in [5, 5.41) is 5.10. The number of allylic oxidation sites excluding steroid dienone is 6. The van der Waals surface area contributed by atoms with Gasteiger partial charge in [-0.2, -0.15) is 0 Å². The Morgan fingerprint density at radius 1 is 0.298 bits per heavy atom. The van der Waals surface area contributed by atoms with Crippen LogP contribution in [-0.4, -0.2) is 13.4 Å². The largest absolute Gasteiger partial charge is 1.00 e. The maximum Gasteiger partial charge on any atom is 1.00 e. The van der Waals surface area contributed by atoms with Gasteiger partial charge in [-0.05, 0) is 173 Å². The maximum absolute atomic E-state index is 3.16. The summed E-state index contributed by atoms with van der Waals surface area (Å²) in [6.07, 6.45) is 16.6. The minimum Gasteiger partial charge on any atom is -1.00 e. The van der Waals surface area contributed by atoms with E-state index in [1.54, 1.807) is 0 Å². The maximum atomic E-state index is 3.16. The van der Waals surface area contributed by atoms with Crippen molar-refractivity contribution in [1.29, 1.82) is 0 Å². The van der Waals surface area contributed by atoms with E-state index in [4.69, 9.17) is 0 Å². The van der Waals surface area contributed by atoms with Crippen LogP contribution in [0.5, 0.6) is 0 Å². The van der Waals surface area contributed by atoms with E-state index in [1.165, 1.54) is 166 Å². The van der Waals surface area contributed by atoms with Crippen molar-refractivity contribution in [3.63, 3.8) is 0 Å². The van der Waals surface area contributed by atoms with Crippen LogP contribution in [0.3, 0.4) is 0 Å². The van der Waals surface area contributed by atoms with E-state index >= 15 is 0 Å². The van der Waals surface area contributed by atoms with Crippen molar-refractivity contribution in [2.24, 2.45) is 0 Å². The van der Waals surface area contributed by atoms with E-state index in [0.717, 1.165) is 0 Å². The molecule has 0 N–H and O–H groups in total. The monoisotopic (exact) mass is 1290 g/mol. The summed E-state index contributed by atoms with van der Waals surface area (Å²) in [5.74, 6) is 0. The second-order valence-electron chi connectivity index (χ2n) is 23.4. The number of benzene rings is 10. The van der Waals surface area contributed by atoms with Gasteiger partial charge in [0, 0.05) is 12.8 Å². The minimum atomic E-state index is 0. The number of aryl methyl sites for hydroxylation is 12. The fraction of sp³-hybridized carbons (Fsp3) is 0.150. The third-order valence-corrected chi connectivity index (χ3v) is 17.1. The molecule has 0 saturated carbocycles. The van der Waals surface area contributed by atoms with E-state index in [-0.39, 0.29) is 48.2 Å². The van der Waals surface area contributed by atoms with Crippen LogP contribution in [0.15, 0.2) is 218 Å². The van der Waals surface area contributed by atoms with Crippen molar-refractivity contribution >= 4 is 78.9 Å².